The van der Waals surface area contributed by atoms with Crippen LogP contribution in [0.3, 0.4) is 0 Å². The first-order chi connectivity index (χ1) is 16.5. The second-order valence-electron chi connectivity index (χ2n) is 9.55. The van der Waals surface area contributed by atoms with Crippen LogP contribution in [0.5, 0.6) is 0 Å². The summed E-state index contributed by atoms with van der Waals surface area (Å²) in [6, 6.07) is 30.0. The van der Waals surface area contributed by atoms with Crippen LogP contribution in [0.2, 0.25) is 18.6 Å². The Bertz CT molecular complexity index is 1240. The molecule has 3 heteroatoms. The minimum absolute atomic E-state index is 0.0950. The lowest BCUT2D eigenvalue weighted by molar-refractivity contribution is -0.143. The normalized spacial score (nSPS) is 12.9. The summed E-state index contributed by atoms with van der Waals surface area (Å²) < 4.78 is 5.75. The van der Waals surface area contributed by atoms with Gasteiger partial charge in [-0.1, -0.05) is 109 Å². The van der Waals surface area contributed by atoms with E-state index in [-0.39, 0.29) is 11.5 Å². The molecule has 0 aliphatic rings. The SMILES string of the molecule is C/C=C/[C@H](CC(=O)OCCCc1c2ccccc2cc2ccccc12)[Si](C)(C)c1ccccc1. The van der Waals surface area contributed by atoms with Gasteiger partial charge < -0.3 is 4.74 Å². The molecule has 2 nitrogen and oxygen atoms in total. The number of hydrogen-bond acceptors (Lipinski definition) is 2. The van der Waals surface area contributed by atoms with Crippen LogP contribution in [0.15, 0.2) is 97.1 Å². The summed E-state index contributed by atoms with van der Waals surface area (Å²) in [6.45, 7) is 7.16. The largest absolute Gasteiger partial charge is 0.466 e. The van der Waals surface area contributed by atoms with Crippen molar-refractivity contribution in [2.45, 2.75) is 44.8 Å². The Kier molecular flexibility index (Phi) is 7.64. The number of hydrogen-bond donors (Lipinski definition) is 0. The molecular weight excluding hydrogens is 432 g/mol. The Morgan fingerprint density at radius 2 is 1.47 bits per heavy atom. The lowest BCUT2D eigenvalue weighted by Crippen LogP contribution is -2.46. The van der Waals surface area contributed by atoms with Crippen molar-refractivity contribution in [2.24, 2.45) is 0 Å². The molecule has 4 aromatic rings. The number of carbonyl (C=O) groups is 1. The molecule has 174 valence electrons. The van der Waals surface area contributed by atoms with Crippen molar-refractivity contribution in [1.82, 2.24) is 0 Å². The van der Waals surface area contributed by atoms with E-state index in [0.29, 0.717) is 13.0 Å². The molecule has 0 fully saturated rings. The molecule has 4 aromatic carbocycles. The maximum absolute atomic E-state index is 12.8. The quantitative estimate of drug-likeness (QED) is 0.0843. The van der Waals surface area contributed by atoms with Crippen LogP contribution >= 0.6 is 0 Å². The monoisotopic (exact) mass is 466 g/mol. The predicted molar refractivity (Wildman–Crippen MR) is 147 cm³/mol. The number of rotatable bonds is 9. The molecule has 0 N–H and O–H groups in total. The minimum Gasteiger partial charge on any atom is -0.466 e. The average Bonchev–Trinajstić information content (AvgIpc) is 2.86. The van der Waals surface area contributed by atoms with E-state index in [1.807, 2.05) is 13.0 Å². The van der Waals surface area contributed by atoms with E-state index < -0.39 is 8.07 Å². The van der Waals surface area contributed by atoms with Crippen molar-refractivity contribution in [2.75, 3.05) is 6.61 Å². The van der Waals surface area contributed by atoms with Gasteiger partial charge in [0.2, 0.25) is 0 Å². The summed E-state index contributed by atoms with van der Waals surface area (Å²) >= 11 is 0. The highest BCUT2D eigenvalue weighted by Crippen LogP contribution is 2.30. The van der Waals surface area contributed by atoms with Crippen LogP contribution in [-0.2, 0) is 16.0 Å². The third-order valence-electron chi connectivity index (χ3n) is 6.97. The lowest BCUT2D eigenvalue weighted by atomic mass is 9.94. The molecular formula is C31H34O2Si. The van der Waals surface area contributed by atoms with E-state index in [9.17, 15) is 4.79 Å². The molecule has 0 heterocycles. The minimum atomic E-state index is -1.84. The van der Waals surface area contributed by atoms with Crippen LogP contribution in [0, 0.1) is 0 Å². The van der Waals surface area contributed by atoms with Crippen molar-refractivity contribution in [3.05, 3.63) is 103 Å². The molecule has 0 aromatic heterocycles. The van der Waals surface area contributed by atoms with Gasteiger partial charge in [0.15, 0.2) is 0 Å². The number of esters is 1. The Morgan fingerprint density at radius 3 is 2.09 bits per heavy atom. The molecule has 0 amide bonds. The standard InChI is InChI=1S/C31H34O2Si/c1-4-13-27(34(2,3)26-16-6-5-7-17-26)23-31(32)33-21-12-20-30-28-18-10-8-14-24(28)22-25-15-9-11-19-29(25)30/h4-11,13-19,22,27H,12,20-21,23H2,1-3H3/b13-4+/t27-/m1/s1. The molecule has 0 saturated carbocycles. The molecule has 1 atom stereocenters. The van der Waals surface area contributed by atoms with Gasteiger partial charge in [-0.2, -0.15) is 0 Å². The second kappa shape index (κ2) is 10.8. The van der Waals surface area contributed by atoms with Crippen molar-refractivity contribution >= 4 is 40.8 Å². The van der Waals surface area contributed by atoms with Crippen LogP contribution < -0.4 is 5.19 Å². The maximum Gasteiger partial charge on any atom is 0.306 e. The maximum atomic E-state index is 12.8. The predicted octanol–water partition coefficient (Wildman–Crippen LogP) is 7.42. The Hall–Kier alpha value is -3.17. The fourth-order valence-electron chi connectivity index (χ4n) is 4.93. The van der Waals surface area contributed by atoms with Gasteiger partial charge >= 0.3 is 5.97 Å². The van der Waals surface area contributed by atoms with Gasteiger partial charge in [-0.3, -0.25) is 4.79 Å². The summed E-state index contributed by atoms with van der Waals surface area (Å²) in [5.74, 6) is -0.0950. The molecule has 0 bridgehead atoms. The first-order valence-corrected chi connectivity index (χ1v) is 15.3. The molecule has 0 saturated heterocycles. The van der Waals surface area contributed by atoms with Gasteiger partial charge in [-0.25, -0.2) is 0 Å². The van der Waals surface area contributed by atoms with Gasteiger partial charge in [-0.15, -0.1) is 0 Å². The van der Waals surface area contributed by atoms with Crippen molar-refractivity contribution in [1.29, 1.82) is 0 Å². The molecule has 0 unspecified atom stereocenters. The highest BCUT2D eigenvalue weighted by Gasteiger charge is 2.33. The average molecular weight is 467 g/mol. The summed E-state index contributed by atoms with van der Waals surface area (Å²) in [7, 11) is -1.84. The number of carbonyl (C=O) groups excluding carboxylic acids is 1. The molecule has 34 heavy (non-hydrogen) atoms. The zero-order valence-corrected chi connectivity index (χ0v) is 21.5. The third-order valence-corrected chi connectivity index (χ3v) is 11.0. The second-order valence-corrected chi connectivity index (χ2v) is 14.3. The van der Waals surface area contributed by atoms with Gasteiger partial charge in [0.25, 0.3) is 0 Å². The lowest BCUT2D eigenvalue weighted by Gasteiger charge is -2.30. The Labute approximate surface area is 204 Å². The van der Waals surface area contributed by atoms with Crippen molar-refractivity contribution in [3.63, 3.8) is 0 Å². The third kappa shape index (κ3) is 5.31. The fourth-order valence-corrected chi connectivity index (χ4v) is 7.76. The Balaban J connectivity index is 1.41. The van der Waals surface area contributed by atoms with Crippen molar-refractivity contribution < 1.29 is 9.53 Å². The van der Waals surface area contributed by atoms with Crippen molar-refractivity contribution in [3.8, 4) is 0 Å². The molecule has 0 aliphatic heterocycles. The van der Waals surface area contributed by atoms with Crippen LogP contribution in [0.25, 0.3) is 21.5 Å². The molecule has 0 aliphatic carbocycles. The van der Waals surface area contributed by atoms with E-state index in [2.05, 4.69) is 104 Å². The highest BCUT2D eigenvalue weighted by atomic mass is 28.3. The van der Waals surface area contributed by atoms with Crippen LogP contribution in [-0.4, -0.2) is 20.7 Å². The van der Waals surface area contributed by atoms with E-state index in [1.54, 1.807) is 0 Å². The Morgan fingerprint density at radius 1 is 0.882 bits per heavy atom. The number of ether oxygens (including phenoxy) is 1. The zero-order valence-electron chi connectivity index (χ0n) is 20.5. The summed E-state index contributed by atoms with van der Waals surface area (Å²) in [5, 5.41) is 6.47. The van der Waals surface area contributed by atoms with Gasteiger partial charge in [-0.05, 0) is 58.5 Å². The number of fused-ring (bicyclic) bond motifs is 2. The number of allylic oxidation sites excluding steroid dienone is 2. The molecule has 0 spiro atoms. The molecule has 4 rings (SSSR count). The number of aryl methyl sites for hydroxylation is 1. The van der Waals surface area contributed by atoms with E-state index in [0.717, 1.165) is 12.8 Å². The summed E-state index contributed by atoms with van der Waals surface area (Å²) in [4.78, 5) is 12.8. The zero-order chi connectivity index (χ0) is 24.0. The summed E-state index contributed by atoms with van der Waals surface area (Å²) in [6.07, 6.45) is 6.41. The topological polar surface area (TPSA) is 26.3 Å². The van der Waals surface area contributed by atoms with E-state index in [4.69, 9.17) is 4.74 Å². The smallest absolute Gasteiger partial charge is 0.306 e. The molecule has 0 radical (unpaired) electrons. The summed E-state index contributed by atoms with van der Waals surface area (Å²) in [5.41, 5.74) is 1.56. The fraction of sp³-hybridized carbons (Fsp3) is 0.258. The van der Waals surface area contributed by atoms with Gasteiger partial charge in [0.05, 0.1) is 14.7 Å². The van der Waals surface area contributed by atoms with Gasteiger partial charge in [0, 0.05) is 6.42 Å². The number of benzene rings is 4. The van der Waals surface area contributed by atoms with Crippen LogP contribution in [0.1, 0.15) is 25.3 Å². The van der Waals surface area contributed by atoms with Crippen LogP contribution in [0.4, 0.5) is 0 Å². The first-order valence-electron chi connectivity index (χ1n) is 12.2. The van der Waals surface area contributed by atoms with E-state index in [1.165, 1.54) is 32.3 Å². The highest BCUT2D eigenvalue weighted by molar-refractivity contribution is 6.91. The first kappa shape index (κ1) is 24.0. The van der Waals surface area contributed by atoms with E-state index >= 15 is 0 Å². The van der Waals surface area contributed by atoms with Gasteiger partial charge in [0.1, 0.15) is 0 Å².